The molecule has 0 saturated carbocycles. The molecule has 5 heterocycles. The molecule has 19 nitrogen and oxygen atoms in total. The Labute approximate surface area is 338 Å². The first-order valence-electron chi connectivity index (χ1n) is 19.0. The molecule has 0 aromatic carbocycles. The van der Waals surface area contributed by atoms with Gasteiger partial charge in [0.1, 0.15) is 16.8 Å². The van der Waals surface area contributed by atoms with Crippen LogP contribution in [0.2, 0.25) is 0 Å². The summed E-state index contributed by atoms with van der Waals surface area (Å²) in [5.74, 6) is -1.64. The minimum absolute atomic E-state index is 0.0554. The number of hydrogen-bond acceptors (Lipinski definition) is 14. The molecule has 4 aromatic heterocycles. The van der Waals surface area contributed by atoms with E-state index in [2.05, 4.69) is 30.4 Å². The van der Waals surface area contributed by atoms with E-state index < -0.39 is 11.9 Å². The van der Waals surface area contributed by atoms with E-state index in [1.807, 2.05) is 54.7 Å². The first-order chi connectivity index (χ1) is 27.6. The van der Waals surface area contributed by atoms with Crippen LogP contribution in [0.5, 0.6) is 0 Å². The van der Waals surface area contributed by atoms with E-state index in [0.717, 1.165) is 11.1 Å². The van der Waals surface area contributed by atoms with Gasteiger partial charge >= 0.3 is 23.7 Å². The highest BCUT2D eigenvalue weighted by Crippen LogP contribution is 2.19. The van der Waals surface area contributed by atoms with Gasteiger partial charge in [0.2, 0.25) is 0 Å². The molecule has 0 aliphatic carbocycles. The normalized spacial score (nSPS) is 12.1. The van der Waals surface area contributed by atoms with Crippen LogP contribution in [0, 0.1) is 33.6 Å². The molecule has 0 spiro atoms. The van der Waals surface area contributed by atoms with E-state index in [-0.39, 0.29) is 41.4 Å². The maximum absolute atomic E-state index is 11.7. The second-order valence-electron chi connectivity index (χ2n) is 12.4. The van der Waals surface area contributed by atoms with Crippen LogP contribution in [0.3, 0.4) is 0 Å². The van der Waals surface area contributed by atoms with E-state index in [9.17, 15) is 14.4 Å². The fourth-order valence-corrected chi connectivity index (χ4v) is 5.33. The van der Waals surface area contributed by atoms with Gasteiger partial charge in [0.15, 0.2) is 29.4 Å². The number of nitrogens with two attached hydrogens (primary N) is 1. The van der Waals surface area contributed by atoms with Gasteiger partial charge in [0.05, 0.1) is 35.6 Å². The predicted molar refractivity (Wildman–Crippen MR) is 212 cm³/mol. The summed E-state index contributed by atoms with van der Waals surface area (Å²) < 4.78 is 35.0. The van der Waals surface area contributed by atoms with Gasteiger partial charge < -0.3 is 33.5 Å². The summed E-state index contributed by atoms with van der Waals surface area (Å²) in [7, 11) is 0. The van der Waals surface area contributed by atoms with E-state index in [1.54, 1.807) is 57.7 Å². The maximum atomic E-state index is 11.7. The number of fused-ring (bicyclic) bond motifs is 2. The van der Waals surface area contributed by atoms with Gasteiger partial charge in [-0.3, -0.25) is 5.41 Å². The second-order valence-corrected chi connectivity index (χ2v) is 12.4. The van der Waals surface area contributed by atoms with Crippen LogP contribution in [0.15, 0.2) is 46.3 Å². The standard InChI is InChI=1S/C12H26O4.C11H13N3O2.C9H9N3O2.C7H9N3O2/c1-6-13-11(14-7-2)10(5)12(15-8-3)16-9-4;1-4-16-11(15)9-8(3)13-14-6-7(2)5-12-10(9)14;1-5-3-10-8-7(9(13)14)6(2)11-12(8)4-5;1-3-12-7(11)5-4(2)9-10-6(5)8/h10-12H,6-9H2,1-5H3;5-6H,4H2,1-3H3;3-4H,1-2H3,(H,13,14);8H,3H2,1-2H3/p+1. The van der Waals surface area contributed by atoms with Gasteiger partial charge in [-0.05, 0) is 92.4 Å². The molecule has 58 heavy (non-hydrogen) atoms. The van der Waals surface area contributed by atoms with Crippen LogP contribution in [0.25, 0.3) is 11.3 Å². The Morgan fingerprint density at radius 2 is 1.07 bits per heavy atom. The van der Waals surface area contributed by atoms with Gasteiger partial charge in [0, 0.05) is 51.2 Å². The Balaban J connectivity index is 0.000000268. The first kappa shape index (κ1) is 48.6. The van der Waals surface area contributed by atoms with Crippen molar-refractivity contribution < 1.29 is 53.3 Å². The summed E-state index contributed by atoms with van der Waals surface area (Å²) in [6, 6.07) is 0. The highest BCUT2D eigenvalue weighted by Gasteiger charge is 2.31. The molecule has 0 unspecified atom stereocenters. The van der Waals surface area contributed by atoms with Crippen LogP contribution in [0.4, 0.5) is 0 Å². The Kier molecular flexibility index (Phi) is 20.4. The average molecular weight is 813 g/mol. The number of ether oxygens (including phenoxy) is 6. The smallest absolute Gasteiger partial charge is 0.358 e. The van der Waals surface area contributed by atoms with Gasteiger partial charge in [-0.1, -0.05) is 6.92 Å². The number of carbonyl (C=O) groups excluding carboxylic acids is 2. The number of azo groups is 1. The van der Waals surface area contributed by atoms with Gasteiger partial charge in [-0.15, -0.1) is 0 Å². The van der Waals surface area contributed by atoms with Crippen molar-refractivity contribution in [1.29, 1.82) is 0 Å². The molecule has 0 fully saturated rings. The van der Waals surface area contributed by atoms with Crippen molar-refractivity contribution in [3.8, 4) is 0 Å². The quantitative estimate of drug-likeness (QED) is 0.125. The van der Waals surface area contributed by atoms with Gasteiger partial charge in [-0.2, -0.15) is 10.2 Å². The minimum Gasteiger partial charge on any atom is -0.477 e. The van der Waals surface area contributed by atoms with Crippen molar-refractivity contribution in [3.63, 3.8) is 0 Å². The monoisotopic (exact) mass is 812 g/mol. The van der Waals surface area contributed by atoms with Crippen molar-refractivity contribution in [2.75, 3.05) is 39.6 Å². The Morgan fingerprint density at radius 1 is 0.655 bits per heavy atom. The van der Waals surface area contributed by atoms with Crippen LogP contribution in [-0.4, -0.2) is 110 Å². The lowest BCUT2D eigenvalue weighted by Gasteiger charge is -2.29. The van der Waals surface area contributed by atoms with Crippen LogP contribution in [0.1, 0.15) is 98.6 Å². The highest BCUT2D eigenvalue weighted by atomic mass is 16.7. The number of rotatable bonds is 15. The molecule has 0 bridgehead atoms. The van der Waals surface area contributed by atoms with Gasteiger partial charge in [-0.25, -0.2) is 33.4 Å². The van der Waals surface area contributed by atoms with Crippen LogP contribution in [-0.2, 0) is 33.2 Å². The third-order valence-electron chi connectivity index (χ3n) is 7.83. The molecule has 318 valence electrons. The largest absolute Gasteiger partial charge is 0.477 e. The van der Waals surface area contributed by atoms with E-state index in [0.29, 0.717) is 73.6 Å². The number of aryl methyl sites for hydroxylation is 4. The number of aromatic nitrogens is 6. The Hall–Kier alpha value is -5.50. The number of nitrogens with zero attached hydrogens (tertiary/aromatic N) is 8. The molecule has 3 N–H and O–H groups in total. The second kappa shape index (κ2) is 24.3. The zero-order valence-corrected chi connectivity index (χ0v) is 35.6. The zero-order chi connectivity index (χ0) is 43.5. The third kappa shape index (κ3) is 13.6. The van der Waals surface area contributed by atoms with Crippen LogP contribution < -0.4 is 5.41 Å². The Morgan fingerprint density at radius 3 is 1.45 bits per heavy atom. The molecule has 0 atom stereocenters. The number of esters is 2. The predicted octanol–water partition coefficient (Wildman–Crippen LogP) is 4.43. The highest BCUT2D eigenvalue weighted by molar-refractivity contribution is 6.18. The number of carboxylic acid groups (broad SMARTS) is 1. The number of carboxylic acids is 1. The number of aromatic carboxylic acids is 1. The van der Waals surface area contributed by atoms with E-state index >= 15 is 0 Å². The molecule has 0 radical (unpaired) electrons. The first-order valence-corrected chi connectivity index (χ1v) is 19.0. The summed E-state index contributed by atoms with van der Waals surface area (Å²) >= 11 is 0. The van der Waals surface area contributed by atoms with E-state index in [1.165, 1.54) is 4.52 Å². The van der Waals surface area contributed by atoms with E-state index in [4.69, 9.17) is 38.9 Å². The molecule has 4 aromatic rings. The molecule has 1 aliphatic heterocycles. The lowest BCUT2D eigenvalue weighted by molar-refractivity contribution is -0.242. The average Bonchev–Trinajstić information content (AvgIpc) is 3.81. The number of amidine groups is 1. The molecule has 19 heteroatoms. The zero-order valence-electron chi connectivity index (χ0n) is 35.6. The summed E-state index contributed by atoms with van der Waals surface area (Å²) in [4.78, 5) is 42.0. The fourth-order valence-electron chi connectivity index (χ4n) is 5.33. The summed E-state index contributed by atoms with van der Waals surface area (Å²) in [6.45, 7) is 25.4. The van der Waals surface area contributed by atoms with Crippen molar-refractivity contribution in [3.05, 3.63) is 69.7 Å². The van der Waals surface area contributed by atoms with Crippen molar-refractivity contribution in [2.45, 2.75) is 95.7 Å². The summed E-state index contributed by atoms with van der Waals surface area (Å²) in [5, 5.41) is 29.8. The lowest BCUT2D eigenvalue weighted by Crippen LogP contribution is -2.40. The summed E-state index contributed by atoms with van der Waals surface area (Å²) in [5.41, 5.74) is 5.38. The summed E-state index contributed by atoms with van der Waals surface area (Å²) in [6.07, 6.45) is 6.39. The molecule has 5 rings (SSSR count). The van der Waals surface area contributed by atoms with Crippen molar-refractivity contribution >= 4 is 35.0 Å². The minimum atomic E-state index is -0.992. The lowest BCUT2D eigenvalue weighted by atomic mass is 10.1. The van der Waals surface area contributed by atoms with Gasteiger partial charge in [0.25, 0.3) is 0 Å². The third-order valence-corrected chi connectivity index (χ3v) is 7.83. The fraction of sp³-hybridized carbons (Fsp3) is 0.538. The molecule has 0 amide bonds. The number of carbonyl (C=O) groups is 3. The van der Waals surface area contributed by atoms with Crippen molar-refractivity contribution in [2.24, 2.45) is 16.1 Å². The number of hydrogen-bond donors (Lipinski definition) is 2. The number of allylic oxidation sites excluding steroid dienone is 1. The van der Waals surface area contributed by atoms with Crippen molar-refractivity contribution in [1.82, 2.24) is 29.2 Å². The molecule has 0 saturated heterocycles. The maximum Gasteiger partial charge on any atom is 0.358 e. The molecular formula is C39H58N9O10+. The molecular weight excluding hydrogens is 754 g/mol. The Bertz CT molecular complexity index is 2030. The van der Waals surface area contributed by atoms with Crippen LogP contribution >= 0.6 is 0 Å². The molecule has 1 aliphatic rings. The SMILES string of the molecule is CCOC(=O)C1=C(C)N=NC1=[NH2+].CCOC(=O)c1c(C)nn2cc(C)cnc12.CCOC(OCC)C(C)C(OCC)OCC.Cc1cnc2c(C(=O)O)c(C)nn2c1. The topological polar surface area (TPSA) is 238 Å².